The number of hydrogen-bond donors (Lipinski definition) is 3. The van der Waals surface area contributed by atoms with Crippen molar-refractivity contribution in [3.8, 4) is 40.5 Å². The molecule has 0 fully saturated rings. The molecule has 0 amide bonds. The minimum atomic E-state index is -1.03. The first-order valence-corrected chi connectivity index (χ1v) is 12.8. The van der Waals surface area contributed by atoms with E-state index in [9.17, 15) is 20.4 Å². The van der Waals surface area contributed by atoms with Gasteiger partial charge in [-0.25, -0.2) is 14.8 Å². The molecule has 202 valence electrons. The smallest absolute Gasteiger partial charge is 0.376 e. The standard InChI is InChI=1S/C28H23N5O6S/c1-37-28(36)24-22(32-26(39-24)17-5-3-2-4-6-17)15-40-27-21(12-30)23(20(11-29)25(31)33-27)16-7-9-19(10-8-16)38-14-18(35)13-34/h2-10,18,34-35H,13-15H2,1H3,(H2,31,33)/t18-/m0/s1. The van der Waals surface area contributed by atoms with Crippen LogP contribution in [0.15, 0.2) is 64.0 Å². The number of oxazole rings is 1. The third kappa shape index (κ3) is 6.06. The Morgan fingerprint density at radius 3 is 2.40 bits per heavy atom. The molecule has 0 spiro atoms. The number of carbonyl (C=O) groups is 1. The SMILES string of the molecule is COC(=O)c1oc(-c2ccccc2)nc1CSc1nc(N)c(C#N)c(-c2ccc(OC[C@@H](O)CO)cc2)c1C#N. The number of pyridine rings is 1. The molecule has 0 saturated heterocycles. The molecule has 2 aromatic heterocycles. The minimum Gasteiger partial charge on any atom is -0.491 e. The lowest BCUT2D eigenvalue weighted by atomic mass is 9.97. The Hall–Kier alpha value is -4.88. The van der Waals surface area contributed by atoms with Crippen molar-refractivity contribution >= 4 is 23.5 Å². The molecule has 4 aromatic rings. The number of nitrogen functional groups attached to an aromatic ring is 1. The first-order valence-electron chi connectivity index (χ1n) is 11.8. The Morgan fingerprint density at radius 1 is 1.07 bits per heavy atom. The largest absolute Gasteiger partial charge is 0.491 e. The molecule has 0 aliphatic heterocycles. The van der Waals surface area contributed by atoms with Crippen LogP contribution in [0, 0.1) is 22.7 Å². The third-order valence-corrected chi connectivity index (χ3v) is 6.63. The van der Waals surface area contributed by atoms with Crippen LogP contribution in [-0.4, -0.2) is 52.6 Å². The molecular formula is C28H23N5O6S. The van der Waals surface area contributed by atoms with Crippen LogP contribution in [0.25, 0.3) is 22.6 Å². The molecule has 4 N–H and O–H groups in total. The zero-order chi connectivity index (χ0) is 28.6. The molecule has 0 bridgehead atoms. The van der Waals surface area contributed by atoms with Gasteiger partial charge in [0.25, 0.3) is 0 Å². The van der Waals surface area contributed by atoms with Crippen molar-refractivity contribution in [3.63, 3.8) is 0 Å². The quantitative estimate of drug-likeness (QED) is 0.190. The van der Waals surface area contributed by atoms with E-state index >= 15 is 0 Å². The van der Waals surface area contributed by atoms with E-state index in [0.717, 1.165) is 11.8 Å². The van der Waals surface area contributed by atoms with E-state index in [1.807, 2.05) is 24.3 Å². The van der Waals surface area contributed by atoms with Gasteiger partial charge < -0.3 is 29.8 Å². The number of methoxy groups -OCH3 is 1. The van der Waals surface area contributed by atoms with Crippen LogP contribution in [0.2, 0.25) is 0 Å². The second-order valence-electron chi connectivity index (χ2n) is 8.26. The van der Waals surface area contributed by atoms with Gasteiger partial charge in [-0.15, -0.1) is 0 Å². The summed E-state index contributed by atoms with van der Waals surface area (Å²) in [5.41, 5.74) is 8.05. The maximum Gasteiger partial charge on any atom is 0.376 e. The van der Waals surface area contributed by atoms with Gasteiger partial charge in [0.1, 0.15) is 52.7 Å². The average molecular weight is 558 g/mol. The molecule has 2 aromatic carbocycles. The maximum atomic E-state index is 12.4. The van der Waals surface area contributed by atoms with Gasteiger partial charge in [0.2, 0.25) is 11.7 Å². The van der Waals surface area contributed by atoms with E-state index in [2.05, 4.69) is 16.0 Å². The summed E-state index contributed by atoms with van der Waals surface area (Å²) in [7, 11) is 1.23. The van der Waals surface area contributed by atoms with E-state index in [-0.39, 0.29) is 51.7 Å². The Kier molecular flexibility index (Phi) is 8.99. The summed E-state index contributed by atoms with van der Waals surface area (Å²) in [6, 6.07) is 19.7. The minimum absolute atomic E-state index is 0.0355. The number of benzene rings is 2. The zero-order valence-corrected chi connectivity index (χ0v) is 22.0. The van der Waals surface area contributed by atoms with Gasteiger partial charge in [-0.3, -0.25) is 0 Å². The Labute approximate surface area is 233 Å². The molecule has 40 heavy (non-hydrogen) atoms. The lowest BCUT2D eigenvalue weighted by Crippen LogP contribution is -2.21. The number of aromatic nitrogens is 2. The number of esters is 1. The molecule has 0 saturated carbocycles. The van der Waals surface area contributed by atoms with E-state index in [1.165, 1.54) is 7.11 Å². The van der Waals surface area contributed by atoms with Crippen LogP contribution in [0.3, 0.4) is 0 Å². The van der Waals surface area contributed by atoms with Crippen molar-refractivity contribution in [2.45, 2.75) is 16.9 Å². The number of hydrogen-bond acceptors (Lipinski definition) is 12. The number of anilines is 1. The fourth-order valence-corrected chi connectivity index (χ4v) is 4.62. The number of rotatable bonds is 10. The predicted molar refractivity (Wildman–Crippen MR) is 145 cm³/mol. The van der Waals surface area contributed by atoms with E-state index in [4.69, 9.17) is 24.7 Å². The summed E-state index contributed by atoms with van der Waals surface area (Å²) in [5.74, 6) is -0.0977. The Balaban J connectivity index is 1.69. The molecule has 12 heteroatoms. The molecule has 0 radical (unpaired) electrons. The number of nitrogens with two attached hydrogens (primary N) is 1. The van der Waals surface area contributed by atoms with E-state index in [1.54, 1.807) is 36.4 Å². The van der Waals surface area contributed by atoms with Gasteiger partial charge in [0.05, 0.1) is 19.3 Å². The van der Waals surface area contributed by atoms with Crippen LogP contribution in [-0.2, 0) is 10.5 Å². The molecular weight excluding hydrogens is 534 g/mol. The fraction of sp³-hybridized carbons (Fsp3) is 0.179. The van der Waals surface area contributed by atoms with Crippen LogP contribution in [0.1, 0.15) is 27.4 Å². The van der Waals surface area contributed by atoms with Crippen LogP contribution < -0.4 is 10.5 Å². The van der Waals surface area contributed by atoms with Crippen LogP contribution in [0.5, 0.6) is 5.75 Å². The number of aliphatic hydroxyl groups is 2. The molecule has 1 atom stereocenters. The van der Waals surface area contributed by atoms with Crippen molar-refractivity contribution in [2.24, 2.45) is 0 Å². The second kappa shape index (κ2) is 12.8. The highest BCUT2D eigenvalue weighted by molar-refractivity contribution is 7.98. The van der Waals surface area contributed by atoms with Crippen molar-refractivity contribution in [1.29, 1.82) is 10.5 Å². The maximum absolute atomic E-state index is 12.4. The zero-order valence-electron chi connectivity index (χ0n) is 21.2. The Bertz CT molecular complexity index is 1590. The number of thioether (sulfide) groups is 1. The fourth-order valence-electron chi connectivity index (χ4n) is 3.70. The van der Waals surface area contributed by atoms with Crippen molar-refractivity contribution < 1.29 is 28.9 Å². The number of ether oxygens (including phenoxy) is 2. The normalized spacial score (nSPS) is 11.3. The van der Waals surface area contributed by atoms with Gasteiger partial charge in [-0.2, -0.15) is 10.5 Å². The van der Waals surface area contributed by atoms with Gasteiger partial charge in [0, 0.05) is 16.9 Å². The topological polar surface area (TPSA) is 189 Å². The summed E-state index contributed by atoms with van der Waals surface area (Å²) in [6.07, 6.45) is -1.03. The first-order chi connectivity index (χ1) is 19.4. The molecule has 0 aliphatic carbocycles. The van der Waals surface area contributed by atoms with Gasteiger partial charge in [-0.1, -0.05) is 42.1 Å². The highest BCUT2D eigenvalue weighted by atomic mass is 32.2. The summed E-state index contributed by atoms with van der Waals surface area (Å²) in [6.45, 7) is -0.539. The monoisotopic (exact) mass is 557 g/mol. The summed E-state index contributed by atoms with van der Waals surface area (Å²) >= 11 is 1.11. The second-order valence-corrected chi connectivity index (χ2v) is 9.23. The summed E-state index contributed by atoms with van der Waals surface area (Å²) in [4.78, 5) is 21.2. The first kappa shape index (κ1) is 28.1. The predicted octanol–water partition coefficient (Wildman–Crippen LogP) is 3.54. The number of aliphatic hydroxyl groups excluding tert-OH is 2. The highest BCUT2D eigenvalue weighted by Crippen LogP contribution is 2.37. The molecule has 0 unspecified atom stereocenters. The molecule has 2 heterocycles. The van der Waals surface area contributed by atoms with Crippen LogP contribution >= 0.6 is 11.8 Å². The van der Waals surface area contributed by atoms with Crippen molar-refractivity contribution in [3.05, 3.63) is 77.2 Å². The van der Waals surface area contributed by atoms with Crippen molar-refractivity contribution in [2.75, 3.05) is 26.1 Å². The van der Waals surface area contributed by atoms with E-state index < -0.39 is 18.7 Å². The summed E-state index contributed by atoms with van der Waals surface area (Å²) < 4.78 is 16.0. The third-order valence-electron chi connectivity index (χ3n) is 5.65. The number of nitrogens with zero attached hydrogens (tertiary/aromatic N) is 4. The highest BCUT2D eigenvalue weighted by Gasteiger charge is 2.25. The number of carbonyl (C=O) groups excluding carboxylic acids is 1. The van der Waals surface area contributed by atoms with Gasteiger partial charge in [0.15, 0.2) is 0 Å². The average Bonchev–Trinajstić information content (AvgIpc) is 3.43. The molecule has 0 aliphatic rings. The lowest BCUT2D eigenvalue weighted by molar-refractivity contribution is 0.0536. The Morgan fingerprint density at radius 2 is 1.77 bits per heavy atom. The van der Waals surface area contributed by atoms with Gasteiger partial charge >= 0.3 is 5.97 Å². The van der Waals surface area contributed by atoms with Gasteiger partial charge in [-0.05, 0) is 29.8 Å². The lowest BCUT2D eigenvalue weighted by Gasteiger charge is -2.14. The molecule has 11 nitrogen and oxygen atoms in total. The summed E-state index contributed by atoms with van der Waals surface area (Å²) in [5, 5.41) is 38.6. The van der Waals surface area contributed by atoms with E-state index in [0.29, 0.717) is 22.4 Å². The molecule has 4 rings (SSSR count). The van der Waals surface area contributed by atoms with Crippen LogP contribution in [0.4, 0.5) is 5.82 Å². The van der Waals surface area contributed by atoms with Crippen molar-refractivity contribution in [1.82, 2.24) is 9.97 Å². The number of nitriles is 2.